The van der Waals surface area contributed by atoms with Crippen LogP contribution in [0.4, 0.5) is 5.69 Å². The predicted octanol–water partition coefficient (Wildman–Crippen LogP) is 5.58. The van der Waals surface area contributed by atoms with E-state index in [0.29, 0.717) is 29.2 Å². The van der Waals surface area contributed by atoms with Crippen LogP contribution in [0.3, 0.4) is 0 Å². The molecule has 5 rings (SSSR count). The van der Waals surface area contributed by atoms with Crippen LogP contribution in [0.5, 0.6) is 0 Å². The van der Waals surface area contributed by atoms with Crippen LogP contribution in [0.15, 0.2) is 89.5 Å². The molecular weight excluding hydrogens is 540 g/mol. The van der Waals surface area contributed by atoms with Gasteiger partial charge in [-0.05, 0) is 51.3 Å². The third kappa shape index (κ3) is 4.81. The van der Waals surface area contributed by atoms with Gasteiger partial charge in [0.15, 0.2) is 0 Å². The lowest BCUT2D eigenvalue weighted by Crippen LogP contribution is -2.48. The molecule has 1 atom stereocenters. The smallest absolute Gasteiger partial charge is 0.257 e. The molecule has 182 valence electrons. The molecule has 1 aromatic heterocycles. The summed E-state index contributed by atoms with van der Waals surface area (Å²) in [6.07, 6.45) is 2.13. The maximum Gasteiger partial charge on any atom is 0.257 e. The minimum atomic E-state index is -0.678. The van der Waals surface area contributed by atoms with Crippen molar-refractivity contribution in [2.24, 2.45) is 0 Å². The summed E-state index contributed by atoms with van der Waals surface area (Å²) in [5.74, 6) is -0.313. The van der Waals surface area contributed by atoms with E-state index in [1.807, 2.05) is 77.5 Å². The van der Waals surface area contributed by atoms with Gasteiger partial charge < -0.3 is 9.80 Å². The van der Waals surface area contributed by atoms with E-state index in [-0.39, 0.29) is 18.4 Å². The molecule has 0 aliphatic carbocycles. The molecule has 0 unspecified atom stereocenters. The Hall–Kier alpha value is -3.42. The maximum atomic E-state index is 14.0. The Morgan fingerprint density at radius 1 is 0.889 bits per heavy atom. The molecule has 0 radical (unpaired) electrons. The van der Waals surface area contributed by atoms with E-state index >= 15 is 0 Å². The zero-order valence-corrected chi connectivity index (χ0v) is 22.0. The molecule has 1 aliphatic rings. The van der Waals surface area contributed by atoms with Gasteiger partial charge in [0.2, 0.25) is 5.91 Å². The molecular formula is C28H24BrClN4O2. The molecule has 0 fully saturated rings. The summed E-state index contributed by atoms with van der Waals surface area (Å²) >= 11 is 9.67. The average molecular weight is 564 g/mol. The summed E-state index contributed by atoms with van der Waals surface area (Å²) in [4.78, 5) is 31.0. The first-order chi connectivity index (χ1) is 17.4. The Kier molecular flexibility index (Phi) is 6.94. The van der Waals surface area contributed by atoms with Crippen LogP contribution in [0.2, 0.25) is 5.02 Å². The van der Waals surface area contributed by atoms with Crippen molar-refractivity contribution in [1.82, 2.24) is 14.7 Å². The SMILES string of the molecule is CN1C(=O)[C@H](Cc2ccccc2)N(Cc2c(Br)cnn2Cc2ccc(Cl)cc2)C(=O)c2ccccc21. The number of fused-ring (bicyclic) bond motifs is 1. The van der Waals surface area contributed by atoms with E-state index in [9.17, 15) is 9.59 Å². The molecule has 3 aromatic carbocycles. The Bertz CT molecular complexity index is 1400. The minimum absolute atomic E-state index is 0.128. The van der Waals surface area contributed by atoms with Gasteiger partial charge in [-0.3, -0.25) is 14.3 Å². The molecule has 0 bridgehead atoms. The fourth-order valence-electron chi connectivity index (χ4n) is 4.54. The van der Waals surface area contributed by atoms with Crippen molar-refractivity contribution >= 4 is 45.0 Å². The number of anilines is 1. The number of halogens is 2. The Morgan fingerprint density at radius 2 is 1.58 bits per heavy atom. The Labute approximate surface area is 223 Å². The van der Waals surface area contributed by atoms with Gasteiger partial charge in [0.05, 0.1) is 40.7 Å². The normalized spacial score (nSPS) is 15.7. The van der Waals surface area contributed by atoms with Crippen LogP contribution in [-0.4, -0.2) is 39.6 Å². The van der Waals surface area contributed by atoms with Crippen LogP contribution in [0.25, 0.3) is 0 Å². The van der Waals surface area contributed by atoms with Gasteiger partial charge >= 0.3 is 0 Å². The van der Waals surface area contributed by atoms with Crippen LogP contribution >= 0.6 is 27.5 Å². The summed E-state index contributed by atoms with van der Waals surface area (Å²) in [6.45, 7) is 0.729. The number of likely N-dealkylation sites (N-methyl/N-ethyl adjacent to an activating group) is 1. The van der Waals surface area contributed by atoms with E-state index in [1.165, 1.54) is 0 Å². The molecule has 1 aliphatic heterocycles. The topological polar surface area (TPSA) is 58.4 Å². The van der Waals surface area contributed by atoms with Crippen LogP contribution in [0, 0.1) is 0 Å². The standard InChI is InChI=1S/C28H24BrClN4O2/c1-32-24-10-6-5-9-22(24)27(35)33(25(28(32)36)15-19-7-3-2-4-8-19)18-26-23(29)16-31-34(26)17-20-11-13-21(30)14-12-20/h2-14,16,25H,15,17-18H2,1H3/t25-/m0/s1. The van der Waals surface area contributed by atoms with Gasteiger partial charge in [-0.2, -0.15) is 5.10 Å². The number of rotatable bonds is 6. The van der Waals surface area contributed by atoms with Gasteiger partial charge in [0, 0.05) is 18.5 Å². The van der Waals surface area contributed by atoms with E-state index in [4.69, 9.17) is 11.6 Å². The van der Waals surface area contributed by atoms with E-state index in [1.54, 1.807) is 29.1 Å². The second-order valence-corrected chi connectivity index (χ2v) is 10.1. The third-order valence-corrected chi connectivity index (χ3v) is 7.40. The van der Waals surface area contributed by atoms with Crippen molar-refractivity contribution in [3.63, 3.8) is 0 Å². The first-order valence-corrected chi connectivity index (χ1v) is 12.8. The molecule has 0 spiro atoms. The number of hydrogen-bond acceptors (Lipinski definition) is 3. The lowest BCUT2D eigenvalue weighted by Gasteiger charge is -2.30. The van der Waals surface area contributed by atoms with Crippen LogP contribution < -0.4 is 4.90 Å². The number of aromatic nitrogens is 2. The van der Waals surface area contributed by atoms with Gasteiger partial charge in [-0.1, -0.05) is 66.2 Å². The number of para-hydroxylation sites is 1. The summed E-state index contributed by atoms with van der Waals surface area (Å²) in [5, 5.41) is 5.21. The van der Waals surface area contributed by atoms with Crippen molar-refractivity contribution in [1.29, 1.82) is 0 Å². The average Bonchev–Trinajstić information content (AvgIpc) is 3.22. The number of carbonyl (C=O) groups is 2. The van der Waals surface area contributed by atoms with Crippen molar-refractivity contribution in [2.75, 3.05) is 11.9 Å². The van der Waals surface area contributed by atoms with Gasteiger partial charge in [-0.25, -0.2) is 0 Å². The second-order valence-electron chi connectivity index (χ2n) is 8.78. The lowest BCUT2D eigenvalue weighted by molar-refractivity contribution is -0.122. The monoisotopic (exact) mass is 562 g/mol. The Morgan fingerprint density at radius 3 is 2.33 bits per heavy atom. The van der Waals surface area contributed by atoms with Crippen molar-refractivity contribution in [3.05, 3.63) is 117 Å². The van der Waals surface area contributed by atoms with Gasteiger partial charge in [0.25, 0.3) is 5.91 Å². The van der Waals surface area contributed by atoms with Crippen molar-refractivity contribution < 1.29 is 9.59 Å². The van der Waals surface area contributed by atoms with Gasteiger partial charge in [-0.15, -0.1) is 0 Å². The number of nitrogens with zero attached hydrogens (tertiary/aromatic N) is 4. The highest BCUT2D eigenvalue weighted by atomic mass is 79.9. The lowest BCUT2D eigenvalue weighted by atomic mass is 10.0. The fourth-order valence-corrected chi connectivity index (χ4v) is 5.09. The highest BCUT2D eigenvalue weighted by molar-refractivity contribution is 9.10. The molecule has 0 N–H and O–H groups in total. The minimum Gasteiger partial charge on any atom is -0.320 e. The highest BCUT2D eigenvalue weighted by Crippen LogP contribution is 2.31. The largest absolute Gasteiger partial charge is 0.320 e. The molecule has 8 heteroatoms. The molecule has 0 saturated heterocycles. The van der Waals surface area contributed by atoms with Crippen molar-refractivity contribution in [2.45, 2.75) is 25.6 Å². The predicted molar refractivity (Wildman–Crippen MR) is 144 cm³/mol. The summed E-state index contributed by atoms with van der Waals surface area (Å²) in [5.41, 5.74) is 3.94. The summed E-state index contributed by atoms with van der Waals surface area (Å²) < 4.78 is 2.63. The second kappa shape index (κ2) is 10.3. The molecule has 0 saturated carbocycles. The zero-order chi connectivity index (χ0) is 25.2. The molecule has 6 nitrogen and oxygen atoms in total. The van der Waals surface area contributed by atoms with E-state index in [0.717, 1.165) is 21.3 Å². The molecule has 36 heavy (non-hydrogen) atoms. The van der Waals surface area contributed by atoms with Crippen molar-refractivity contribution in [3.8, 4) is 0 Å². The third-order valence-electron chi connectivity index (χ3n) is 6.48. The number of amides is 2. The maximum absolute atomic E-state index is 14.0. The molecule has 2 amide bonds. The quantitative estimate of drug-likeness (QED) is 0.308. The summed E-state index contributed by atoms with van der Waals surface area (Å²) in [6, 6.07) is 24.0. The molecule has 4 aromatic rings. The van der Waals surface area contributed by atoms with Crippen LogP contribution in [0.1, 0.15) is 27.2 Å². The zero-order valence-electron chi connectivity index (χ0n) is 19.6. The Balaban J connectivity index is 1.55. The fraction of sp³-hybridized carbons (Fsp3) is 0.179. The van der Waals surface area contributed by atoms with E-state index in [2.05, 4.69) is 21.0 Å². The number of carbonyl (C=O) groups excluding carboxylic acids is 2. The molecule has 2 heterocycles. The first-order valence-electron chi connectivity index (χ1n) is 11.6. The first kappa shape index (κ1) is 24.3. The number of hydrogen-bond donors (Lipinski definition) is 0. The number of benzene rings is 3. The van der Waals surface area contributed by atoms with Crippen LogP contribution in [-0.2, 0) is 24.3 Å². The van der Waals surface area contributed by atoms with Gasteiger partial charge in [0.1, 0.15) is 6.04 Å². The highest BCUT2D eigenvalue weighted by Gasteiger charge is 2.38. The van der Waals surface area contributed by atoms with E-state index < -0.39 is 6.04 Å². The summed E-state index contributed by atoms with van der Waals surface area (Å²) in [7, 11) is 1.73.